The summed E-state index contributed by atoms with van der Waals surface area (Å²) in [5.41, 5.74) is 0.713. The highest BCUT2D eigenvalue weighted by atomic mass is 16.5. The lowest BCUT2D eigenvalue weighted by atomic mass is 10.2. The van der Waals surface area contributed by atoms with Crippen LogP contribution in [0.1, 0.15) is 30.6 Å². The van der Waals surface area contributed by atoms with E-state index in [1.807, 2.05) is 6.92 Å². The zero-order valence-electron chi connectivity index (χ0n) is 14.5. The van der Waals surface area contributed by atoms with Gasteiger partial charge in [0, 0.05) is 12.2 Å². The van der Waals surface area contributed by atoms with E-state index in [1.54, 1.807) is 6.92 Å². The molecule has 0 saturated carbocycles. The number of anilines is 1. The summed E-state index contributed by atoms with van der Waals surface area (Å²) in [5.74, 6) is -3.07. The van der Waals surface area contributed by atoms with Crippen molar-refractivity contribution in [2.24, 2.45) is 0 Å². The van der Waals surface area contributed by atoms with Crippen molar-refractivity contribution in [2.45, 2.75) is 20.3 Å². The van der Waals surface area contributed by atoms with Crippen molar-refractivity contribution in [3.63, 3.8) is 0 Å². The molecule has 1 saturated heterocycles. The van der Waals surface area contributed by atoms with Gasteiger partial charge in [-0.25, -0.2) is 14.5 Å². The Kier molecular flexibility index (Phi) is 6.05. The van der Waals surface area contributed by atoms with Gasteiger partial charge in [-0.1, -0.05) is 6.92 Å². The van der Waals surface area contributed by atoms with Crippen LogP contribution in [0.15, 0.2) is 24.3 Å². The predicted octanol–water partition coefficient (Wildman–Crippen LogP) is 1.00. The normalized spacial score (nSPS) is 14.0. The van der Waals surface area contributed by atoms with E-state index in [1.165, 1.54) is 24.3 Å². The number of rotatable bonds is 7. The van der Waals surface area contributed by atoms with Crippen molar-refractivity contribution in [3.8, 4) is 0 Å². The highest BCUT2D eigenvalue weighted by Crippen LogP contribution is 2.13. The van der Waals surface area contributed by atoms with Crippen LogP contribution in [0.25, 0.3) is 0 Å². The van der Waals surface area contributed by atoms with E-state index in [-0.39, 0.29) is 6.54 Å². The first kappa shape index (κ1) is 19.1. The molecule has 1 fully saturated rings. The summed E-state index contributed by atoms with van der Waals surface area (Å²) in [6.45, 7) is 3.24. The zero-order valence-corrected chi connectivity index (χ0v) is 14.5. The van der Waals surface area contributed by atoms with Gasteiger partial charge in [-0.05, 0) is 37.6 Å². The number of nitrogens with zero attached hydrogens (tertiary/aromatic N) is 2. The molecule has 9 nitrogen and oxygen atoms in total. The van der Waals surface area contributed by atoms with Crippen molar-refractivity contribution in [1.82, 2.24) is 9.80 Å². The van der Waals surface area contributed by atoms with Crippen LogP contribution < -0.4 is 5.32 Å². The molecule has 1 heterocycles. The largest absolute Gasteiger partial charge is 0.462 e. The number of carbonyl (C=O) groups excluding carboxylic acids is 5. The second-order valence-electron chi connectivity index (χ2n) is 5.48. The maximum Gasteiger partial charge on any atom is 0.338 e. The van der Waals surface area contributed by atoms with Crippen LogP contribution in [0, 0.1) is 0 Å². The average molecular weight is 361 g/mol. The third kappa shape index (κ3) is 4.05. The van der Waals surface area contributed by atoms with Gasteiger partial charge in [-0.15, -0.1) is 0 Å². The fraction of sp³-hybridized carbons (Fsp3) is 0.353. The lowest BCUT2D eigenvalue weighted by Gasteiger charge is -2.14. The van der Waals surface area contributed by atoms with Gasteiger partial charge in [0.2, 0.25) is 5.91 Å². The number of ether oxygens (including phenoxy) is 1. The third-order valence-corrected chi connectivity index (χ3v) is 3.59. The Morgan fingerprint density at radius 1 is 1.00 bits per heavy atom. The van der Waals surface area contributed by atoms with Gasteiger partial charge >= 0.3 is 23.8 Å². The van der Waals surface area contributed by atoms with E-state index in [2.05, 4.69) is 5.32 Å². The van der Waals surface area contributed by atoms with Crippen molar-refractivity contribution in [2.75, 3.05) is 25.0 Å². The maximum atomic E-state index is 12.0. The number of urea groups is 1. The molecule has 0 spiro atoms. The Morgan fingerprint density at radius 3 is 2.15 bits per heavy atom. The lowest BCUT2D eigenvalue weighted by molar-refractivity contribution is -0.143. The molecule has 1 aliphatic rings. The van der Waals surface area contributed by atoms with Gasteiger partial charge < -0.3 is 10.1 Å². The van der Waals surface area contributed by atoms with Crippen molar-refractivity contribution < 1.29 is 28.7 Å². The highest BCUT2D eigenvalue weighted by Gasteiger charge is 2.44. The molecular weight excluding hydrogens is 342 g/mol. The Balaban J connectivity index is 1.96. The summed E-state index contributed by atoms with van der Waals surface area (Å²) in [6.07, 6.45) is 0.714. The smallest absolute Gasteiger partial charge is 0.338 e. The Labute approximate surface area is 149 Å². The standard InChI is InChI=1S/C17H19N3O6/c1-3-9-26-16(24)11-5-7-12(8-6-11)18-13(21)10-20-15(23)14(22)19(4-2)17(20)25/h5-8H,3-4,9-10H2,1-2H3,(H,18,21). The van der Waals surface area contributed by atoms with Crippen molar-refractivity contribution in [1.29, 1.82) is 0 Å². The van der Waals surface area contributed by atoms with E-state index >= 15 is 0 Å². The van der Waals surface area contributed by atoms with Crippen LogP contribution in [-0.2, 0) is 19.1 Å². The molecule has 9 heteroatoms. The number of nitrogens with one attached hydrogen (secondary N) is 1. The quantitative estimate of drug-likeness (QED) is 0.440. The second kappa shape index (κ2) is 8.24. The van der Waals surface area contributed by atoms with Gasteiger partial charge in [-0.2, -0.15) is 0 Å². The lowest BCUT2D eigenvalue weighted by Crippen LogP contribution is -2.38. The molecule has 0 aromatic heterocycles. The van der Waals surface area contributed by atoms with Gasteiger partial charge in [0.25, 0.3) is 0 Å². The summed E-state index contributed by atoms with van der Waals surface area (Å²) in [6, 6.07) is 5.16. The minimum atomic E-state index is -1.03. The summed E-state index contributed by atoms with van der Waals surface area (Å²) in [5, 5.41) is 2.50. The minimum Gasteiger partial charge on any atom is -0.462 e. The number of imide groups is 2. The summed E-state index contributed by atoms with van der Waals surface area (Å²) in [7, 11) is 0. The minimum absolute atomic E-state index is 0.0527. The fourth-order valence-electron chi connectivity index (χ4n) is 2.28. The molecule has 138 valence electrons. The second-order valence-corrected chi connectivity index (χ2v) is 5.48. The first-order chi connectivity index (χ1) is 12.4. The molecule has 0 bridgehead atoms. The molecule has 0 atom stereocenters. The molecular formula is C17H19N3O6. The van der Waals surface area contributed by atoms with E-state index in [9.17, 15) is 24.0 Å². The number of benzene rings is 1. The summed E-state index contributed by atoms with van der Waals surface area (Å²) < 4.78 is 5.00. The van der Waals surface area contributed by atoms with Crippen LogP contribution >= 0.6 is 0 Å². The molecule has 5 amide bonds. The molecule has 2 rings (SSSR count). The zero-order chi connectivity index (χ0) is 19.3. The number of carbonyl (C=O) groups is 5. The molecule has 1 N–H and O–H groups in total. The SMILES string of the molecule is CCCOC(=O)c1ccc(NC(=O)CN2C(=O)C(=O)N(CC)C2=O)cc1. The number of hydrogen-bond donors (Lipinski definition) is 1. The van der Waals surface area contributed by atoms with Crippen LogP contribution in [0.4, 0.5) is 10.5 Å². The molecule has 1 aromatic rings. The van der Waals surface area contributed by atoms with Gasteiger partial charge in [0.05, 0.1) is 12.2 Å². The first-order valence-electron chi connectivity index (χ1n) is 8.13. The van der Waals surface area contributed by atoms with Crippen LogP contribution in [0.2, 0.25) is 0 Å². The molecule has 1 aliphatic heterocycles. The Hall–Kier alpha value is -3.23. The first-order valence-corrected chi connectivity index (χ1v) is 8.13. The topological polar surface area (TPSA) is 113 Å². The van der Waals surface area contributed by atoms with E-state index in [4.69, 9.17) is 4.74 Å². The monoisotopic (exact) mass is 361 g/mol. The number of hydrogen-bond acceptors (Lipinski definition) is 6. The number of likely N-dealkylation sites (N-methyl/N-ethyl adjacent to an activating group) is 1. The van der Waals surface area contributed by atoms with E-state index in [0.29, 0.717) is 29.2 Å². The van der Waals surface area contributed by atoms with Crippen molar-refractivity contribution in [3.05, 3.63) is 29.8 Å². The molecule has 1 aromatic carbocycles. The number of esters is 1. The van der Waals surface area contributed by atoms with Crippen LogP contribution in [-0.4, -0.2) is 59.2 Å². The summed E-state index contributed by atoms with van der Waals surface area (Å²) >= 11 is 0. The predicted molar refractivity (Wildman–Crippen MR) is 90.1 cm³/mol. The highest BCUT2D eigenvalue weighted by molar-refractivity contribution is 6.45. The Morgan fingerprint density at radius 2 is 1.62 bits per heavy atom. The van der Waals surface area contributed by atoms with Gasteiger partial charge in [0.15, 0.2) is 0 Å². The van der Waals surface area contributed by atoms with Crippen molar-refractivity contribution >= 4 is 35.4 Å². The molecule has 0 aliphatic carbocycles. The fourth-order valence-corrected chi connectivity index (χ4v) is 2.28. The maximum absolute atomic E-state index is 12.0. The summed E-state index contributed by atoms with van der Waals surface area (Å²) in [4.78, 5) is 60.4. The van der Waals surface area contributed by atoms with E-state index < -0.39 is 36.3 Å². The van der Waals surface area contributed by atoms with Gasteiger partial charge in [0.1, 0.15) is 6.54 Å². The van der Waals surface area contributed by atoms with Crippen LogP contribution in [0.3, 0.4) is 0 Å². The third-order valence-electron chi connectivity index (χ3n) is 3.59. The average Bonchev–Trinajstić information content (AvgIpc) is 2.83. The van der Waals surface area contributed by atoms with Crippen LogP contribution in [0.5, 0.6) is 0 Å². The number of amides is 5. The molecule has 0 radical (unpaired) electrons. The van der Waals surface area contributed by atoms with E-state index in [0.717, 1.165) is 4.90 Å². The Bertz CT molecular complexity index is 743. The van der Waals surface area contributed by atoms with Gasteiger partial charge in [-0.3, -0.25) is 19.3 Å². The molecule has 26 heavy (non-hydrogen) atoms. The molecule has 0 unspecified atom stereocenters.